The summed E-state index contributed by atoms with van der Waals surface area (Å²) < 4.78 is 4.84. The van der Waals surface area contributed by atoms with Crippen LogP contribution in [-0.4, -0.2) is 15.2 Å². The molecule has 3 heterocycles. The van der Waals surface area contributed by atoms with Crippen LogP contribution in [0.3, 0.4) is 0 Å². The molecule has 0 N–H and O–H groups in total. The van der Waals surface area contributed by atoms with Crippen molar-refractivity contribution in [2.24, 2.45) is 0 Å². The second-order valence-electron chi connectivity index (χ2n) is 10.3. The number of benzene rings is 5. The van der Waals surface area contributed by atoms with Crippen LogP contribution in [0.15, 0.2) is 103 Å². The maximum absolute atomic E-state index is 10.0. The molecule has 0 bridgehead atoms. The quantitative estimate of drug-likeness (QED) is 0.244. The maximum Gasteiger partial charge on any atom is 0.0992 e. The van der Waals surface area contributed by atoms with Gasteiger partial charge in [-0.15, -0.1) is 0 Å². The van der Waals surface area contributed by atoms with E-state index in [1.165, 1.54) is 27.3 Å². The van der Waals surface area contributed by atoms with E-state index in [0.717, 1.165) is 39.0 Å². The molecule has 180 valence electrons. The van der Waals surface area contributed by atoms with Gasteiger partial charge >= 0.3 is 0 Å². The number of aromatic nitrogens is 2. The number of hydrogen-bond donors (Lipinski definition) is 0. The molecule has 0 atom stereocenters. The molecular formula is C34H24N4. The summed E-state index contributed by atoms with van der Waals surface area (Å²) in [5.74, 6) is 0. The Labute approximate surface area is 220 Å². The van der Waals surface area contributed by atoms with Gasteiger partial charge in [0.2, 0.25) is 0 Å². The summed E-state index contributed by atoms with van der Waals surface area (Å²) in [5.41, 5.74) is 9.91. The van der Waals surface area contributed by atoms with Crippen molar-refractivity contribution < 1.29 is 0 Å². The lowest BCUT2D eigenvalue weighted by Gasteiger charge is -2.36. The lowest BCUT2D eigenvalue weighted by molar-refractivity contribution is 0.781. The van der Waals surface area contributed by atoms with Crippen LogP contribution < -0.4 is 4.90 Å². The van der Waals surface area contributed by atoms with Crippen LogP contribution in [0.4, 0.5) is 11.4 Å². The molecule has 38 heavy (non-hydrogen) atoms. The normalized spacial score (nSPS) is 12.6. The standard InChI is InChI=1S/C34H24N4/c1-21(2)36-29-14-8-9-15-30(29)38-32-27(18-22(20-35)19-31(32)36)26-17-16-25-24-12-6-7-13-28(24)37(33(25)34(26)38)23-10-4-3-5-11-23/h3-19,21H,1-2H3. The predicted molar refractivity (Wildman–Crippen MR) is 157 cm³/mol. The number of hydrogen-bond acceptors (Lipinski definition) is 2. The smallest absolute Gasteiger partial charge is 0.0992 e. The average Bonchev–Trinajstić information content (AvgIpc) is 3.47. The number of nitriles is 1. The van der Waals surface area contributed by atoms with Crippen molar-refractivity contribution in [3.05, 3.63) is 109 Å². The minimum absolute atomic E-state index is 0.232. The molecule has 0 saturated carbocycles. The van der Waals surface area contributed by atoms with Crippen LogP contribution >= 0.6 is 0 Å². The molecule has 0 saturated heterocycles. The zero-order chi connectivity index (χ0) is 25.5. The fourth-order valence-electron chi connectivity index (χ4n) is 6.53. The summed E-state index contributed by atoms with van der Waals surface area (Å²) in [6, 6.07) is 39.2. The minimum atomic E-state index is 0.232. The van der Waals surface area contributed by atoms with Crippen molar-refractivity contribution in [2.75, 3.05) is 4.90 Å². The summed E-state index contributed by atoms with van der Waals surface area (Å²) in [5, 5.41) is 14.7. The molecule has 4 nitrogen and oxygen atoms in total. The highest BCUT2D eigenvalue weighted by Crippen LogP contribution is 2.50. The third-order valence-corrected chi connectivity index (χ3v) is 7.94. The lowest BCUT2D eigenvalue weighted by atomic mass is 10.0. The Bertz CT molecular complexity index is 2120. The summed E-state index contributed by atoms with van der Waals surface area (Å²) >= 11 is 0. The fourth-order valence-corrected chi connectivity index (χ4v) is 6.53. The molecule has 0 spiro atoms. The number of fused-ring (bicyclic) bond motifs is 9. The van der Waals surface area contributed by atoms with Crippen molar-refractivity contribution in [1.82, 2.24) is 9.13 Å². The van der Waals surface area contributed by atoms with E-state index in [4.69, 9.17) is 0 Å². The Balaban J connectivity index is 1.69. The van der Waals surface area contributed by atoms with Crippen LogP contribution in [0.2, 0.25) is 0 Å². The van der Waals surface area contributed by atoms with Gasteiger partial charge in [0, 0.05) is 33.3 Å². The van der Waals surface area contributed by atoms with E-state index in [9.17, 15) is 5.26 Å². The van der Waals surface area contributed by atoms with Crippen LogP contribution in [0.1, 0.15) is 19.4 Å². The molecule has 4 heteroatoms. The van der Waals surface area contributed by atoms with Gasteiger partial charge in [0.25, 0.3) is 0 Å². The first-order valence-electron chi connectivity index (χ1n) is 13.1. The van der Waals surface area contributed by atoms with Crippen LogP contribution in [0, 0.1) is 11.3 Å². The lowest BCUT2D eigenvalue weighted by Crippen LogP contribution is -2.29. The summed E-state index contributed by atoms with van der Waals surface area (Å²) in [4.78, 5) is 2.38. The van der Waals surface area contributed by atoms with Gasteiger partial charge in [-0.25, -0.2) is 0 Å². The monoisotopic (exact) mass is 488 g/mol. The van der Waals surface area contributed by atoms with Crippen molar-refractivity contribution >= 4 is 55.0 Å². The highest BCUT2D eigenvalue weighted by Gasteiger charge is 2.31. The Hall–Kier alpha value is -5.01. The predicted octanol–water partition coefficient (Wildman–Crippen LogP) is 8.61. The molecule has 0 aliphatic carbocycles. The van der Waals surface area contributed by atoms with Crippen LogP contribution in [0.5, 0.6) is 0 Å². The van der Waals surface area contributed by atoms with Gasteiger partial charge in [-0.1, -0.05) is 60.7 Å². The molecule has 2 aromatic heterocycles. The number of para-hydroxylation sites is 4. The molecule has 0 radical (unpaired) electrons. The van der Waals surface area contributed by atoms with E-state index in [1.54, 1.807) is 0 Å². The van der Waals surface area contributed by atoms with E-state index in [0.29, 0.717) is 5.56 Å². The molecule has 0 unspecified atom stereocenters. The largest absolute Gasteiger partial charge is 0.335 e. The molecular weight excluding hydrogens is 464 g/mol. The topological polar surface area (TPSA) is 36.9 Å². The zero-order valence-electron chi connectivity index (χ0n) is 21.2. The highest BCUT2D eigenvalue weighted by atomic mass is 15.2. The molecule has 5 aromatic carbocycles. The Kier molecular flexibility index (Phi) is 4.17. The Morgan fingerprint density at radius 3 is 2.00 bits per heavy atom. The van der Waals surface area contributed by atoms with Crippen LogP contribution in [0.25, 0.3) is 55.0 Å². The van der Waals surface area contributed by atoms with Gasteiger partial charge in [-0.2, -0.15) is 5.26 Å². The van der Waals surface area contributed by atoms with E-state index in [-0.39, 0.29) is 6.04 Å². The highest BCUT2D eigenvalue weighted by molar-refractivity contribution is 6.26. The summed E-state index contributed by atoms with van der Waals surface area (Å²) in [7, 11) is 0. The van der Waals surface area contributed by atoms with Crippen molar-refractivity contribution in [1.29, 1.82) is 5.26 Å². The first-order chi connectivity index (χ1) is 18.7. The molecule has 1 aliphatic heterocycles. The molecule has 8 rings (SSSR count). The second-order valence-corrected chi connectivity index (χ2v) is 10.3. The van der Waals surface area contributed by atoms with Gasteiger partial charge in [0.05, 0.1) is 50.8 Å². The molecule has 7 aromatic rings. The van der Waals surface area contributed by atoms with Crippen molar-refractivity contribution in [3.8, 4) is 17.4 Å². The Morgan fingerprint density at radius 1 is 0.579 bits per heavy atom. The second kappa shape index (κ2) is 7.50. The van der Waals surface area contributed by atoms with Gasteiger partial charge < -0.3 is 14.0 Å². The number of rotatable bonds is 2. The third-order valence-electron chi connectivity index (χ3n) is 7.94. The van der Waals surface area contributed by atoms with Crippen molar-refractivity contribution in [2.45, 2.75) is 19.9 Å². The third kappa shape index (κ3) is 2.58. The van der Waals surface area contributed by atoms with E-state index in [1.807, 2.05) is 0 Å². The SMILES string of the molecule is CC(C)N1c2ccccc2-n2c3c1cc(C#N)cc3c1ccc3c4ccccc4n(-c4ccccc4)c3c12. The summed E-state index contributed by atoms with van der Waals surface area (Å²) in [6.07, 6.45) is 0. The van der Waals surface area contributed by atoms with Crippen molar-refractivity contribution in [3.63, 3.8) is 0 Å². The van der Waals surface area contributed by atoms with Gasteiger partial charge in [-0.05, 0) is 56.3 Å². The van der Waals surface area contributed by atoms with E-state index >= 15 is 0 Å². The molecule has 1 aliphatic rings. The molecule has 0 fully saturated rings. The molecule has 0 amide bonds. The van der Waals surface area contributed by atoms with Crippen LogP contribution in [-0.2, 0) is 0 Å². The van der Waals surface area contributed by atoms with E-state index in [2.05, 4.69) is 137 Å². The van der Waals surface area contributed by atoms with Gasteiger partial charge in [0.1, 0.15) is 0 Å². The fraction of sp³-hybridized carbons (Fsp3) is 0.0882. The Morgan fingerprint density at radius 2 is 1.24 bits per heavy atom. The van der Waals surface area contributed by atoms with E-state index < -0.39 is 0 Å². The first-order valence-corrected chi connectivity index (χ1v) is 13.1. The number of nitrogens with zero attached hydrogens (tertiary/aromatic N) is 4. The maximum atomic E-state index is 10.0. The van der Waals surface area contributed by atoms with Gasteiger partial charge in [-0.3, -0.25) is 0 Å². The number of anilines is 2. The minimum Gasteiger partial charge on any atom is -0.335 e. The van der Waals surface area contributed by atoms with Gasteiger partial charge in [0.15, 0.2) is 0 Å². The first kappa shape index (κ1) is 21.1. The zero-order valence-corrected chi connectivity index (χ0v) is 21.2. The average molecular weight is 489 g/mol. The summed E-state index contributed by atoms with van der Waals surface area (Å²) in [6.45, 7) is 4.43.